The Morgan fingerprint density at radius 3 is 2.45 bits per heavy atom. The number of allylic oxidation sites excluding steroid dienone is 2. The third kappa shape index (κ3) is 2.95. The van der Waals surface area contributed by atoms with Crippen LogP contribution in [0.25, 0.3) is 0 Å². The third-order valence-electron chi connectivity index (χ3n) is 10.9. The molecule has 0 radical (unpaired) electrons. The third-order valence-corrected chi connectivity index (χ3v) is 10.9. The number of fused-ring (bicyclic) bond motifs is 3. The van der Waals surface area contributed by atoms with Gasteiger partial charge < -0.3 is 14.9 Å². The van der Waals surface area contributed by atoms with E-state index in [9.17, 15) is 10.2 Å². The van der Waals surface area contributed by atoms with Crippen LogP contribution in [0.5, 0.6) is 0 Å². The van der Waals surface area contributed by atoms with Crippen molar-refractivity contribution in [1.29, 1.82) is 0 Å². The number of hydrogen-bond donors (Lipinski definition) is 2. The highest BCUT2D eigenvalue weighted by atomic mass is 16.6. The first kappa shape index (κ1) is 22.2. The Labute approximate surface area is 189 Å². The molecule has 10 atom stereocenters. The first-order valence-corrected chi connectivity index (χ1v) is 13.0. The SMILES string of the molecule is CC(C)[C@@H](C)/C=C/[C@@H](C)[C@H]1CC[C@H]2C3=C(CC[C@]12C)[C@@]1(C)CC[C@H](O)C[C@@]12O[C@H]2[C@@H]3O. The average Bonchev–Trinajstić information content (AvgIpc) is 3.34. The number of epoxide rings is 1. The van der Waals surface area contributed by atoms with Gasteiger partial charge in [-0.2, -0.15) is 0 Å². The number of aliphatic hydroxyl groups is 2. The predicted octanol–water partition coefficient (Wildman–Crippen LogP) is 5.66. The van der Waals surface area contributed by atoms with Gasteiger partial charge in [0.05, 0.1) is 6.10 Å². The molecular formula is C28H44O3. The Morgan fingerprint density at radius 2 is 1.74 bits per heavy atom. The maximum Gasteiger partial charge on any atom is 0.118 e. The largest absolute Gasteiger partial charge is 0.393 e. The summed E-state index contributed by atoms with van der Waals surface area (Å²) >= 11 is 0. The normalized spacial score (nSPS) is 50.7. The Hall–Kier alpha value is -0.640. The molecule has 174 valence electrons. The van der Waals surface area contributed by atoms with Crippen molar-refractivity contribution < 1.29 is 14.9 Å². The first-order chi connectivity index (χ1) is 14.5. The quantitative estimate of drug-likeness (QED) is 0.449. The maximum atomic E-state index is 11.5. The van der Waals surface area contributed by atoms with Gasteiger partial charge >= 0.3 is 0 Å². The fourth-order valence-corrected chi connectivity index (χ4v) is 8.47. The highest BCUT2D eigenvalue weighted by molar-refractivity contribution is 5.45. The minimum atomic E-state index is -0.469. The fourth-order valence-electron chi connectivity index (χ4n) is 8.47. The van der Waals surface area contributed by atoms with E-state index in [0.29, 0.717) is 36.0 Å². The van der Waals surface area contributed by atoms with E-state index in [1.165, 1.54) is 30.4 Å². The second kappa shape index (κ2) is 7.18. The number of aliphatic hydroxyl groups excluding tert-OH is 2. The van der Waals surface area contributed by atoms with E-state index in [-0.39, 0.29) is 28.6 Å². The highest BCUT2D eigenvalue weighted by Gasteiger charge is 2.76. The molecule has 5 rings (SSSR count). The van der Waals surface area contributed by atoms with E-state index >= 15 is 0 Å². The summed E-state index contributed by atoms with van der Waals surface area (Å²) in [5, 5.41) is 21.9. The van der Waals surface area contributed by atoms with E-state index in [1.54, 1.807) is 0 Å². The summed E-state index contributed by atoms with van der Waals surface area (Å²) < 4.78 is 6.33. The lowest BCUT2D eigenvalue weighted by Crippen LogP contribution is -2.55. The maximum absolute atomic E-state index is 11.5. The monoisotopic (exact) mass is 428 g/mol. The molecule has 3 fully saturated rings. The Bertz CT molecular complexity index is 798. The summed E-state index contributed by atoms with van der Waals surface area (Å²) in [6.07, 6.45) is 11.4. The Kier molecular flexibility index (Phi) is 5.13. The summed E-state index contributed by atoms with van der Waals surface area (Å²) in [5.41, 5.74) is 2.84. The van der Waals surface area contributed by atoms with E-state index in [2.05, 4.69) is 53.7 Å². The van der Waals surface area contributed by atoms with Gasteiger partial charge in [0.2, 0.25) is 0 Å². The second-order valence-corrected chi connectivity index (χ2v) is 12.6. The molecule has 1 saturated heterocycles. The number of rotatable bonds is 4. The molecule has 31 heavy (non-hydrogen) atoms. The van der Waals surface area contributed by atoms with Crippen LogP contribution < -0.4 is 0 Å². The Morgan fingerprint density at radius 1 is 1.00 bits per heavy atom. The van der Waals surface area contributed by atoms with Crippen LogP contribution in [0.15, 0.2) is 23.3 Å². The molecule has 4 aliphatic carbocycles. The van der Waals surface area contributed by atoms with Crippen LogP contribution in [0, 0.1) is 40.4 Å². The molecule has 3 nitrogen and oxygen atoms in total. The van der Waals surface area contributed by atoms with Gasteiger partial charge in [0.15, 0.2) is 0 Å². The summed E-state index contributed by atoms with van der Waals surface area (Å²) in [6.45, 7) is 14.3. The van der Waals surface area contributed by atoms with E-state index in [1.807, 2.05) is 0 Å². The number of hydrogen-bond acceptors (Lipinski definition) is 3. The topological polar surface area (TPSA) is 53.0 Å². The van der Waals surface area contributed by atoms with Crippen LogP contribution in [-0.4, -0.2) is 34.1 Å². The lowest BCUT2D eigenvalue weighted by atomic mass is 9.50. The highest BCUT2D eigenvalue weighted by Crippen LogP contribution is 2.72. The molecule has 3 heteroatoms. The standard InChI is InChI=1S/C28H44O3/c1-16(2)17(3)7-8-18(4)20-9-10-21-23-22(12-13-26(20,21)5)27(6)14-11-19(29)15-28(27)25(31-28)24(23)30/h7-8,16-21,24-25,29-30H,9-15H2,1-6H3/b8-7+/t17-,18+,19-,20+,21-,24+,25-,26+,27+,28-/m0/s1. The molecule has 0 amide bonds. The number of ether oxygens (including phenoxy) is 1. The molecule has 0 aromatic carbocycles. The molecule has 2 N–H and O–H groups in total. The molecule has 0 aromatic heterocycles. The van der Waals surface area contributed by atoms with Crippen LogP contribution >= 0.6 is 0 Å². The van der Waals surface area contributed by atoms with Crippen molar-refractivity contribution >= 4 is 0 Å². The fraction of sp³-hybridized carbons (Fsp3) is 0.857. The molecule has 2 saturated carbocycles. The van der Waals surface area contributed by atoms with Crippen LogP contribution in [0.1, 0.15) is 86.5 Å². The van der Waals surface area contributed by atoms with E-state index < -0.39 is 6.10 Å². The minimum Gasteiger partial charge on any atom is -0.393 e. The zero-order valence-corrected chi connectivity index (χ0v) is 20.5. The molecule has 1 heterocycles. The summed E-state index contributed by atoms with van der Waals surface area (Å²) in [6, 6.07) is 0. The van der Waals surface area contributed by atoms with Crippen molar-refractivity contribution in [2.24, 2.45) is 40.4 Å². The summed E-state index contributed by atoms with van der Waals surface area (Å²) in [4.78, 5) is 0. The predicted molar refractivity (Wildman–Crippen MR) is 124 cm³/mol. The summed E-state index contributed by atoms with van der Waals surface area (Å²) in [7, 11) is 0. The zero-order valence-electron chi connectivity index (χ0n) is 20.5. The van der Waals surface area contributed by atoms with Crippen molar-refractivity contribution in [3.8, 4) is 0 Å². The Balaban J connectivity index is 1.45. The molecule has 0 bridgehead atoms. The van der Waals surface area contributed by atoms with Crippen molar-refractivity contribution in [2.45, 2.75) is 110 Å². The van der Waals surface area contributed by atoms with E-state index in [0.717, 1.165) is 19.3 Å². The van der Waals surface area contributed by atoms with E-state index in [4.69, 9.17) is 4.74 Å². The second-order valence-electron chi connectivity index (χ2n) is 12.6. The lowest BCUT2D eigenvalue weighted by Gasteiger charge is -2.54. The molecule has 5 aliphatic rings. The van der Waals surface area contributed by atoms with Gasteiger partial charge in [-0.3, -0.25) is 0 Å². The molecule has 1 spiro atoms. The van der Waals surface area contributed by atoms with Gasteiger partial charge in [0.1, 0.15) is 17.8 Å². The smallest absolute Gasteiger partial charge is 0.118 e. The van der Waals surface area contributed by atoms with Gasteiger partial charge in [-0.15, -0.1) is 0 Å². The molecule has 1 aliphatic heterocycles. The average molecular weight is 429 g/mol. The lowest BCUT2D eigenvalue weighted by molar-refractivity contribution is -0.000636. The van der Waals surface area contributed by atoms with Gasteiger partial charge in [-0.25, -0.2) is 0 Å². The molecular weight excluding hydrogens is 384 g/mol. The first-order valence-electron chi connectivity index (χ1n) is 13.0. The van der Waals surface area contributed by atoms with Gasteiger partial charge in [0, 0.05) is 11.8 Å². The zero-order chi connectivity index (χ0) is 22.3. The van der Waals surface area contributed by atoms with Crippen LogP contribution in [0.4, 0.5) is 0 Å². The van der Waals surface area contributed by atoms with Crippen molar-refractivity contribution in [3.63, 3.8) is 0 Å². The van der Waals surface area contributed by atoms with Crippen molar-refractivity contribution in [2.75, 3.05) is 0 Å². The minimum absolute atomic E-state index is 0.00307. The van der Waals surface area contributed by atoms with Crippen molar-refractivity contribution in [3.05, 3.63) is 23.3 Å². The van der Waals surface area contributed by atoms with Crippen molar-refractivity contribution in [1.82, 2.24) is 0 Å². The molecule has 0 unspecified atom stereocenters. The van der Waals surface area contributed by atoms with Gasteiger partial charge in [0.25, 0.3) is 0 Å². The van der Waals surface area contributed by atoms with Gasteiger partial charge in [-0.05, 0) is 79.1 Å². The van der Waals surface area contributed by atoms with Crippen LogP contribution in [-0.2, 0) is 4.74 Å². The van der Waals surface area contributed by atoms with Gasteiger partial charge in [-0.1, -0.05) is 59.3 Å². The van der Waals surface area contributed by atoms with Crippen LogP contribution in [0.2, 0.25) is 0 Å². The summed E-state index contributed by atoms with van der Waals surface area (Å²) in [5.74, 6) is 3.05. The van der Waals surface area contributed by atoms with Crippen LogP contribution in [0.3, 0.4) is 0 Å². The molecule has 0 aromatic rings.